The normalized spacial score (nSPS) is 11.9. The lowest BCUT2D eigenvalue weighted by atomic mass is 10.2. The van der Waals surface area contributed by atoms with E-state index in [4.69, 9.17) is 4.74 Å². The van der Waals surface area contributed by atoms with E-state index in [-0.39, 0.29) is 11.7 Å². The zero-order chi connectivity index (χ0) is 19.0. The maximum absolute atomic E-state index is 12.1. The van der Waals surface area contributed by atoms with Gasteiger partial charge in [-0.2, -0.15) is 0 Å². The summed E-state index contributed by atoms with van der Waals surface area (Å²) in [6.07, 6.45) is 1.33. The zero-order valence-electron chi connectivity index (χ0n) is 16.2. The molecular weight excluding hydrogens is 332 g/mol. The van der Waals surface area contributed by atoms with Gasteiger partial charge in [0.1, 0.15) is 5.75 Å². The van der Waals surface area contributed by atoms with Crippen LogP contribution >= 0.6 is 9.24 Å². The molecule has 1 rings (SSSR count). The smallest absolute Gasteiger partial charge is 0.250 e. The zero-order valence-corrected chi connectivity index (χ0v) is 17.3. The SMILES string of the molecule is BC(P)Oc1ccc(N(C)C(=O)C=C)c(N(C)CCN(CC)CC)c1. The minimum atomic E-state index is -0.133. The van der Waals surface area contributed by atoms with Gasteiger partial charge in [0.15, 0.2) is 7.85 Å². The summed E-state index contributed by atoms with van der Waals surface area (Å²) in [6, 6.07) is 5.81. The van der Waals surface area contributed by atoms with Gasteiger partial charge in [-0.05, 0) is 31.3 Å². The number of carbonyl (C=O) groups excluding carboxylic acids is 1. The summed E-state index contributed by atoms with van der Waals surface area (Å²) in [5, 5.41) is 0. The van der Waals surface area contributed by atoms with Crippen LogP contribution in [0.1, 0.15) is 13.8 Å². The highest BCUT2D eigenvalue weighted by Crippen LogP contribution is 2.33. The topological polar surface area (TPSA) is 36.0 Å². The number of hydrogen-bond donors (Lipinski definition) is 0. The van der Waals surface area contributed by atoms with E-state index in [1.807, 2.05) is 33.1 Å². The van der Waals surface area contributed by atoms with Gasteiger partial charge in [0.25, 0.3) is 0 Å². The van der Waals surface area contributed by atoms with E-state index < -0.39 is 0 Å². The molecule has 0 radical (unpaired) electrons. The Bertz CT molecular complexity index is 579. The van der Waals surface area contributed by atoms with Crippen LogP contribution in [-0.4, -0.2) is 64.7 Å². The first-order valence-corrected chi connectivity index (χ1v) is 9.40. The maximum atomic E-state index is 12.1. The van der Waals surface area contributed by atoms with Crippen molar-refractivity contribution in [2.24, 2.45) is 0 Å². The van der Waals surface area contributed by atoms with Crippen molar-refractivity contribution in [3.63, 3.8) is 0 Å². The summed E-state index contributed by atoms with van der Waals surface area (Å²) in [5.74, 6) is 0.675. The van der Waals surface area contributed by atoms with Gasteiger partial charge in [0.05, 0.1) is 17.1 Å². The Hall–Kier alpha value is -1.52. The summed E-state index contributed by atoms with van der Waals surface area (Å²) >= 11 is 0. The Balaban J connectivity index is 3.12. The van der Waals surface area contributed by atoms with Gasteiger partial charge in [0, 0.05) is 33.3 Å². The molecule has 0 aromatic heterocycles. The van der Waals surface area contributed by atoms with Gasteiger partial charge in [0.2, 0.25) is 5.91 Å². The van der Waals surface area contributed by atoms with Crippen LogP contribution in [0.2, 0.25) is 0 Å². The van der Waals surface area contributed by atoms with Gasteiger partial charge in [-0.25, -0.2) is 0 Å². The minimum Gasteiger partial charge on any atom is -0.496 e. The van der Waals surface area contributed by atoms with Crippen molar-refractivity contribution < 1.29 is 9.53 Å². The molecule has 0 aliphatic rings. The average molecular weight is 363 g/mol. The monoisotopic (exact) mass is 363 g/mol. The second kappa shape index (κ2) is 10.5. The molecule has 1 amide bonds. The molecule has 0 saturated carbocycles. The van der Waals surface area contributed by atoms with Crippen molar-refractivity contribution in [3.8, 4) is 5.75 Å². The molecule has 138 valence electrons. The van der Waals surface area contributed by atoms with Crippen molar-refractivity contribution in [2.45, 2.75) is 19.6 Å². The number of nitrogens with zero attached hydrogens (tertiary/aromatic N) is 3. The third-order valence-electron chi connectivity index (χ3n) is 4.19. The molecule has 25 heavy (non-hydrogen) atoms. The lowest BCUT2D eigenvalue weighted by Gasteiger charge is -2.29. The number of benzene rings is 1. The van der Waals surface area contributed by atoms with Crippen molar-refractivity contribution in [3.05, 3.63) is 30.9 Å². The van der Waals surface area contributed by atoms with Crippen LogP contribution in [0.15, 0.2) is 30.9 Å². The third-order valence-corrected chi connectivity index (χ3v) is 4.33. The van der Waals surface area contributed by atoms with Gasteiger partial charge in [-0.15, -0.1) is 9.24 Å². The molecule has 0 fully saturated rings. The molecule has 0 aliphatic heterocycles. The van der Waals surface area contributed by atoms with E-state index in [1.54, 1.807) is 11.9 Å². The van der Waals surface area contributed by atoms with Crippen LogP contribution in [0.3, 0.4) is 0 Å². The van der Waals surface area contributed by atoms with Crippen LogP contribution in [0.25, 0.3) is 0 Å². The van der Waals surface area contributed by atoms with Crippen LogP contribution in [0.4, 0.5) is 11.4 Å². The maximum Gasteiger partial charge on any atom is 0.250 e. The molecule has 5 nitrogen and oxygen atoms in total. The van der Waals surface area contributed by atoms with Crippen LogP contribution in [0, 0.1) is 0 Å². The number of hydrogen-bond acceptors (Lipinski definition) is 4. The van der Waals surface area contributed by atoms with Crippen molar-refractivity contribution in [1.82, 2.24) is 4.90 Å². The Kier molecular flexibility index (Phi) is 9.02. The number of ether oxygens (including phenoxy) is 1. The largest absolute Gasteiger partial charge is 0.496 e. The number of anilines is 2. The molecule has 0 N–H and O–H groups in total. The number of amides is 1. The Morgan fingerprint density at radius 1 is 1.28 bits per heavy atom. The predicted molar refractivity (Wildman–Crippen MR) is 114 cm³/mol. The fourth-order valence-corrected chi connectivity index (χ4v) is 2.75. The first-order chi connectivity index (χ1) is 11.8. The average Bonchev–Trinajstić information content (AvgIpc) is 2.60. The van der Waals surface area contributed by atoms with Gasteiger partial charge < -0.3 is 19.4 Å². The highest BCUT2D eigenvalue weighted by atomic mass is 31.0. The molecule has 0 bridgehead atoms. The fraction of sp³-hybridized carbons (Fsp3) is 0.500. The highest BCUT2D eigenvalue weighted by molar-refractivity contribution is 7.20. The minimum absolute atomic E-state index is 0.0206. The molecule has 2 unspecified atom stereocenters. The molecule has 0 heterocycles. The number of likely N-dealkylation sites (N-methyl/N-ethyl adjacent to an activating group) is 3. The van der Waals surface area contributed by atoms with Gasteiger partial charge in [-0.1, -0.05) is 20.4 Å². The van der Waals surface area contributed by atoms with Gasteiger partial charge in [-0.3, -0.25) is 4.79 Å². The van der Waals surface area contributed by atoms with Crippen molar-refractivity contribution >= 4 is 34.4 Å². The molecule has 0 aliphatic carbocycles. The second-order valence-electron chi connectivity index (χ2n) is 6.02. The van der Waals surface area contributed by atoms with Crippen molar-refractivity contribution in [2.75, 3.05) is 50.1 Å². The van der Waals surface area contributed by atoms with Crippen LogP contribution in [0.5, 0.6) is 5.75 Å². The summed E-state index contributed by atoms with van der Waals surface area (Å²) in [6.45, 7) is 11.8. The summed E-state index contributed by atoms with van der Waals surface area (Å²) in [7, 11) is 8.40. The summed E-state index contributed by atoms with van der Waals surface area (Å²) in [5.41, 5.74) is 1.81. The lowest BCUT2D eigenvalue weighted by molar-refractivity contribution is -0.113. The molecular formula is C18H31BN3O2P. The van der Waals surface area contributed by atoms with E-state index >= 15 is 0 Å². The third kappa shape index (κ3) is 6.37. The Labute approximate surface area is 155 Å². The van der Waals surface area contributed by atoms with E-state index in [9.17, 15) is 4.79 Å². The number of carbonyl (C=O) groups is 1. The van der Waals surface area contributed by atoms with E-state index in [2.05, 4.69) is 39.5 Å². The molecule has 7 heteroatoms. The molecule has 0 saturated heterocycles. The lowest BCUT2D eigenvalue weighted by Crippen LogP contribution is -2.34. The van der Waals surface area contributed by atoms with Crippen LogP contribution < -0.4 is 14.5 Å². The van der Waals surface area contributed by atoms with Crippen LogP contribution in [-0.2, 0) is 4.79 Å². The quantitative estimate of drug-likeness (QED) is 0.361. The fourth-order valence-electron chi connectivity index (χ4n) is 2.59. The Morgan fingerprint density at radius 3 is 2.44 bits per heavy atom. The molecule has 1 aromatic carbocycles. The molecule has 2 atom stereocenters. The summed E-state index contributed by atoms with van der Waals surface area (Å²) in [4.78, 5) is 18.2. The van der Waals surface area contributed by atoms with E-state index in [0.29, 0.717) is 0 Å². The van der Waals surface area contributed by atoms with Crippen molar-refractivity contribution in [1.29, 1.82) is 0 Å². The summed E-state index contributed by atoms with van der Waals surface area (Å²) < 4.78 is 5.80. The van der Waals surface area contributed by atoms with E-state index in [0.717, 1.165) is 43.3 Å². The van der Waals surface area contributed by atoms with Gasteiger partial charge >= 0.3 is 0 Å². The van der Waals surface area contributed by atoms with E-state index in [1.165, 1.54) is 6.08 Å². The first-order valence-electron chi connectivity index (χ1n) is 8.73. The first kappa shape index (κ1) is 21.5. The second-order valence-corrected chi connectivity index (χ2v) is 6.96. The molecule has 0 spiro atoms. The number of rotatable bonds is 10. The molecule has 1 aromatic rings. The predicted octanol–water partition coefficient (Wildman–Crippen LogP) is 1.78. The standard InChI is InChI=1S/C18H31BN3O2P/c1-6-17(23)21(5)15-10-9-14(24-18(19)25)13-16(15)20(4)11-12-22(7-2)8-3/h6,9-10,13,18H,1,7-8,11-12,19,25H2,2-5H3. The highest BCUT2D eigenvalue weighted by Gasteiger charge is 2.17. The Morgan fingerprint density at radius 2 is 1.92 bits per heavy atom.